The second kappa shape index (κ2) is 5.91. The van der Waals surface area contributed by atoms with Crippen molar-refractivity contribution in [2.24, 2.45) is 11.8 Å². The SMILES string of the molecule is Cc1cc(C)c(CN2C[C@@H](C(F)(F)F)[C@H](C(=O)O)C2)c(C)c1. The van der Waals surface area contributed by atoms with Crippen LogP contribution in [-0.2, 0) is 11.3 Å². The number of carbonyl (C=O) groups is 1. The number of hydrogen-bond donors (Lipinski definition) is 1. The molecule has 1 fully saturated rings. The number of aryl methyl sites for hydroxylation is 3. The van der Waals surface area contributed by atoms with E-state index >= 15 is 0 Å². The molecule has 3 nitrogen and oxygen atoms in total. The Bertz CT molecular complexity index is 560. The van der Waals surface area contributed by atoms with E-state index in [0.29, 0.717) is 6.54 Å². The molecule has 22 heavy (non-hydrogen) atoms. The molecule has 122 valence electrons. The fraction of sp³-hybridized carbons (Fsp3) is 0.562. The van der Waals surface area contributed by atoms with Crippen molar-refractivity contribution in [3.05, 3.63) is 34.4 Å². The summed E-state index contributed by atoms with van der Waals surface area (Å²) in [7, 11) is 0. The van der Waals surface area contributed by atoms with E-state index in [0.717, 1.165) is 22.3 Å². The molecule has 1 aromatic rings. The van der Waals surface area contributed by atoms with Gasteiger partial charge in [0.1, 0.15) is 0 Å². The van der Waals surface area contributed by atoms with Crippen LogP contribution in [0.1, 0.15) is 22.3 Å². The third-order valence-electron chi connectivity index (χ3n) is 4.36. The van der Waals surface area contributed by atoms with Gasteiger partial charge < -0.3 is 5.11 Å². The van der Waals surface area contributed by atoms with Gasteiger partial charge in [-0.3, -0.25) is 9.69 Å². The van der Waals surface area contributed by atoms with Crippen molar-refractivity contribution < 1.29 is 23.1 Å². The van der Waals surface area contributed by atoms with Crippen LogP contribution in [0.15, 0.2) is 12.1 Å². The standard InChI is InChI=1S/C16H20F3NO2/c1-9-4-10(2)12(11(3)5-9)6-20-7-13(15(21)22)14(8-20)16(17,18)19/h4-5,13-14H,6-8H2,1-3H3,(H,21,22)/t13-,14-/m1/s1. The molecule has 1 aromatic carbocycles. The van der Waals surface area contributed by atoms with E-state index in [1.54, 1.807) is 4.90 Å². The number of hydrogen-bond acceptors (Lipinski definition) is 2. The van der Waals surface area contributed by atoms with Crippen LogP contribution in [0.2, 0.25) is 0 Å². The number of benzene rings is 1. The predicted molar refractivity (Wildman–Crippen MR) is 76.6 cm³/mol. The highest BCUT2D eigenvalue weighted by Gasteiger charge is 2.52. The molecule has 1 aliphatic rings. The molecular weight excluding hydrogens is 295 g/mol. The van der Waals surface area contributed by atoms with Crippen LogP contribution in [0.3, 0.4) is 0 Å². The minimum absolute atomic E-state index is 0.0632. The number of halogens is 3. The normalized spacial score (nSPS) is 23.0. The molecule has 0 unspecified atom stereocenters. The molecule has 1 aliphatic heterocycles. The molecule has 0 amide bonds. The van der Waals surface area contributed by atoms with Crippen molar-refractivity contribution in [3.63, 3.8) is 0 Å². The maximum Gasteiger partial charge on any atom is 0.393 e. The molecule has 0 aromatic heterocycles. The van der Waals surface area contributed by atoms with Gasteiger partial charge in [-0.05, 0) is 37.5 Å². The molecule has 0 radical (unpaired) electrons. The fourth-order valence-corrected chi connectivity index (χ4v) is 3.28. The third-order valence-corrected chi connectivity index (χ3v) is 4.36. The van der Waals surface area contributed by atoms with E-state index in [9.17, 15) is 18.0 Å². The van der Waals surface area contributed by atoms with Crippen LogP contribution in [0.25, 0.3) is 0 Å². The Balaban J connectivity index is 2.21. The summed E-state index contributed by atoms with van der Waals surface area (Å²) in [5.41, 5.74) is 4.15. The molecule has 1 heterocycles. The lowest BCUT2D eigenvalue weighted by Gasteiger charge is -2.20. The van der Waals surface area contributed by atoms with E-state index in [2.05, 4.69) is 0 Å². The number of aliphatic carboxylic acids is 1. The molecule has 0 spiro atoms. The van der Waals surface area contributed by atoms with Gasteiger partial charge >= 0.3 is 12.1 Å². The second-order valence-corrected chi connectivity index (χ2v) is 6.16. The van der Waals surface area contributed by atoms with Gasteiger partial charge in [-0.1, -0.05) is 17.7 Å². The van der Waals surface area contributed by atoms with Gasteiger partial charge in [-0.2, -0.15) is 13.2 Å². The lowest BCUT2D eigenvalue weighted by atomic mass is 9.96. The first-order chi connectivity index (χ1) is 10.1. The van der Waals surface area contributed by atoms with E-state index in [1.807, 2.05) is 32.9 Å². The van der Waals surface area contributed by atoms with Crippen LogP contribution in [0.5, 0.6) is 0 Å². The summed E-state index contributed by atoms with van der Waals surface area (Å²) in [5.74, 6) is -4.55. The van der Waals surface area contributed by atoms with Gasteiger partial charge in [0.25, 0.3) is 0 Å². The second-order valence-electron chi connectivity index (χ2n) is 6.16. The largest absolute Gasteiger partial charge is 0.481 e. The van der Waals surface area contributed by atoms with Gasteiger partial charge in [0.05, 0.1) is 11.8 Å². The highest BCUT2D eigenvalue weighted by atomic mass is 19.4. The summed E-state index contributed by atoms with van der Waals surface area (Å²) in [4.78, 5) is 12.7. The summed E-state index contributed by atoms with van der Waals surface area (Å²) in [5, 5.41) is 9.05. The first kappa shape index (κ1) is 16.8. The average molecular weight is 315 g/mol. The summed E-state index contributed by atoms with van der Waals surface area (Å²) >= 11 is 0. The minimum Gasteiger partial charge on any atom is -0.481 e. The zero-order valence-electron chi connectivity index (χ0n) is 12.9. The first-order valence-electron chi connectivity index (χ1n) is 7.18. The molecule has 0 aliphatic carbocycles. The number of rotatable bonds is 3. The van der Waals surface area contributed by atoms with Crippen molar-refractivity contribution in [2.45, 2.75) is 33.5 Å². The maximum absolute atomic E-state index is 13.0. The molecule has 2 atom stereocenters. The number of alkyl halides is 3. The third kappa shape index (κ3) is 3.43. The lowest BCUT2D eigenvalue weighted by molar-refractivity contribution is -0.188. The Kier molecular flexibility index (Phi) is 4.52. The van der Waals surface area contributed by atoms with Crippen molar-refractivity contribution in [2.75, 3.05) is 13.1 Å². The van der Waals surface area contributed by atoms with Gasteiger partial charge in [0.15, 0.2) is 0 Å². The van der Waals surface area contributed by atoms with E-state index in [4.69, 9.17) is 5.11 Å². The minimum atomic E-state index is -4.48. The van der Waals surface area contributed by atoms with Crippen molar-refractivity contribution in [1.82, 2.24) is 4.90 Å². The first-order valence-corrected chi connectivity index (χ1v) is 7.18. The van der Waals surface area contributed by atoms with Crippen LogP contribution in [0.4, 0.5) is 13.2 Å². The Morgan fingerprint density at radius 2 is 1.77 bits per heavy atom. The van der Waals surface area contributed by atoms with Crippen molar-refractivity contribution >= 4 is 5.97 Å². The quantitative estimate of drug-likeness (QED) is 0.930. The Morgan fingerprint density at radius 1 is 1.23 bits per heavy atom. The average Bonchev–Trinajstić information content (AvgIpc) is 2.77. The highest BCUT2D eigenvalue weighted by molar-refractivity contribution is 5.71. The molecule has 0 saturated carbocycles. The molecule has 6 heteroatoms. The predicted octanol–water partition coefficient (Wildman–Crippen LogP) is 3.31. The van der Waals surface area contributed by atoms with Gasteiger partial charge in [-0.15, -0.1) is 0 Å². The fourth-order valence-electron chi connectivity index (χ4n) is 3.28. The zero-order chi connectivity index (χ0) is 16.7. The summed E-state index contributed by atoms with van der Waals surface area (Å²) < 4.78 is 39.0. The summed E-state index contributed by atoms with van der Waals surface area (Å²) in [6.07, 6.45) is -4.48. The molecule has 2 rings (SSSR count). The van der Waals surface area contributed by atoms with Crippen molar-refractivity contribution in [1.29, 1.82) is 0 Å². The van der Waals surface area contributed by atoms with Crippen LogP contribution < -0.4 is 0 Å². The van der Waals surface area contributed by atoms with Crippen molar-refractivity contribution in [3.8, 4) is 0 Å². The maximum atomic E-state index is 13.0. The smallest absolute Gasteiger partial charge is 0.393 e. The molecular formula is C16H20F3NO2. The highest BCUT2D eigenvalue weighted by Crippen LogP contribution is 2.38. The molecule has 1 N–H and O–H groups in total. The zero-order valence-corrected chi connectivity index (χ0v) is 12.9. The van der Waals surface area contributed by atoms with Gasteiger partial charge in [-0.25, -0.2) is 0 Å². The summed E-state index contributed by atoms with van der Waals surface area (Å²) in [6.45, 7) is 5.87. The Labute approximate surface area is 127 Å². The van der Waals surface area contributed by atoms with E-state index < -0.39 is 24.0 Å². The summed E-state index contributed by atoms with van der Waals surface area (Å²) in [6, 6.07) is 3.99. The number of carboxylic acid groups (broad SMARTS) is 1. The lowest BCUT2D eigenvalue weighted by Crippen LogP contribution is -2.33. The topological polar surface area (TPSA) is 40.5 Å². The Morgan fingerprint density at radius 3 is 2.18 bits per heavy atom. The van der Waals surface area contributed by atoms with Gasteiger partial charge in [0.2, 0.25) is 0 Å². The number of nitrogens with zero attached hydrogens (tertiary/aromatic N) is 1. The Hall–Kier alpha value is -1.56. The van der Waals surface area contributed by atoms with E-state index in [-0.39, 0.29) is 13.1 Å². The van der Waals surface area contributed by atoms with Crippen LogP contribution in [0, 0.1) is 32.6 Å². The van der Waals surface area contributed by atoms with Gasteiger partial charge in [0, 0.05) is 19.6 Å². The number of carboxylic acids is 1. The molecule has 1 saturated heterocycles. The molecule has 0 bridgehead atoms. The van der Waals surface area contributed by atoms with E-state index in [1.165, 1.54) is 0 Å². The van der Waals surface area contributed by atoms with Crippen LogP contribution >= 0.6 is 0 Å². The number of likely N-dealkylation sites (tertiary alicyclic amines) is 1. The van der Waals surface area contributed by atoms with Crippen LogP contribution in [-0.4, -0.2) is 35.2 Å². The monoisotopic (exact) mass is 315 g/mol.